The summed E-state index contributed by atoms with van der Waals surface area (Å²) in [6.07, 6.45) is 19.9. The van der Waals surface area contributed by atoms with E-state index in [1.54, 1.807) is 0 Å². The average Bonchev–Trinajstić information content (AvgIpc) is 2.54. The fraction of sp³-hybridized carbons (Fsp3) is 1.00. The predicted octanol–water partition coefficient (Wildman–Crippen LogP) is 5.95. The van der Waals surface area contributed by atoms with Crippen LogP contribution in [-0.2, 0) is 0 Å². The SMILES string of the molecule is CCCC1CCC(CCC2CCC3CC(O)CCC3C2)CC1. The van der Waals surface area contributed by atoms with E-state index in [-0.39, 0.29) is 6.10 Å². The van der Waals surface area contributed by atoms with Crippen molar-refractivity contribution in [1.82, 2.24) is 0 Å². The number of fused-ring (bicyclic) bond motifs is 1. The van der Waals surface area contributed by atoms with E-state index in [2.05, 4.69) is 6.92 Å². The fourth-order valence-corrected chi connectivity index (χ4v) is 5.91. The third-order valence-electron chi connectivity index (χ3n) is 7.34. The molecule has 3 fully saturated rings. The van der Waals surface area contributed by atoms with Crippen LogP contribution in [0.2, 0.25) is 0 Å². The van der Waals surface area contributed by atoms with Crippen LogP contribution in [-0.4, -0.2) is 11.2 Å². The highest BCUT2D eigenvalue weighted by molar-refractivity contribution is 4.86. The van der Waals surface area contributed by atoms with Gasteiger partial charge in [0.1, 0.15) is 0 Å². The predicted molar refractivity (Wildman–Crippen MR) is 93.8 cm³/mol. The number of aliphatic hydroxyl groups excluding tert-OH is 1. The zero-order chi connectivity index (χ0) is 15.4. The van der Waals surface area contributed by atoms with Crippen molar-refractivity contribution in [3.63, 3.8) is 0 Å². The van der Waals surface area contributed by atoms with Crippen molar-refractivity contribution >= 4 is 0 Å². The van der Waals surface area contributed by atoms with Gasteiger partial charge in [0.15, 0.2) is 0 Å². The summed E-state index contributed by atoms with van der Waals surface area (Å²) >= 11 is 0. The van der Waals surface area contributed by atoms with E-state index in [9.17, 15) is 5.11 Å². The Labute approximate surface area is 138 Å². The second-order valence-corrected chi connectivity index (χ2v) is 8.92. The maximum Gasteiger partial charge on any atom is 0.0543 e. The molecule has 3 aliphatic rings. The standard InChI is InChI=1S/C21H38O/c1-2-3-16-4-6-17(7-5-16)8-9-18-10-11-20-15-21(22)13-12-19(20)14-18/h16-22H,2-15H2,1H3. The first kappa shape index (κ1) is 16.8. The molecule has 3 saturated carbocycles. The molecule has 0 aromatic heterocycles. The highest BCUT2D eigenvalue weighted by Crippen LogP contribution is 2.45. The number of hydrogen-bond donors (Lipinski definition) is 1. The third kappa shape index (κ3) is 4.49. The summed E-state index contributed by atoms with van der Waals surface area (Å²) in [5, 5.41) is 9.85. The van der Waals surface area contributed by atoms with Gasteiger partial charge < -0.3 is 5.11 Å². The van der Waals surface area contributed by atoms with Gasteiger partial charge in [-0.2, -0.15) is 0 Å². The van der Waals surface area contributed by atoms with E-state index in [0.717, 1.165) is 42.4 Å². The molecule has 0 heterocycles. The first-order valence-corrected chi connectivity index (χ1v) is 10.4. The van der Waals surface area contributed by atoms with Gasteiger partial charge in [0, 0.05) is 0 Å². The van der Waals surface area contributed by atoms with Crippen LogP contribution in [0.4, 0.5) is 0 Å². The molecule has 0 radical (unpaired) electrons. The molecule has 1 heteroatoms. The van der Waals surface area contributed by atoms with Gasteiger partial charge in [-0.15, -0.1) is 0 Å². The molecule has 3 aliphatic carbocycles. The average molecular weight is 307 g/mol. The summed E-state index contributed by atoms with van der Waals surface area (Å²) < 4.78 is 0. The van der Waals surface area contributed by atoms with Gasteiger partial charge in [-0.1, -0.05) is 64.7 Å². The molecule has 0 amide bonds. The van der Waals surface area contributed by atoms with Gasteiger partial charge in [-0.3, -0.25) is 0 Å². The Morgan fingerprint density at radius 3 is 1.91 bits per heavy atom. The molecule has 3 rings (SSSR count). The van der Waals surface area contributed by atoms with Crippen LogP contribution in [0.25, 0.3) is 0 Å². The van der Waals surface area contributed by atoms with Gasteiger partial charge in [0.05, 0.1) is 6.10 Å². The van der Waals surface area contributed by atoms with E-state index in [4.69, 9.17) is 0 Å². The van der Waals surface area contributed by atoms with Crippen molar-refractivity contribution in [3.05, 3.63) is 0 Å². The fourth-order valence-electron chi connectivity index (χ4n) is 5.91. The van der Waals surface area contributed by atoms with Gasteiger partial charge >= 0.3 is 0 Å². The molecule has 128 valence electrons. The van der Waals surface area contributed by atoms with Crippen LogP contribution < -0.4 is 0 Å². The molecule has 0 aromatic rings. The Hall–Kier alpha value is -0.0400. The number of rotatable bonds is 5. The lowest BCUT2D eigenvalue weighted by atomic mass is 9.65. The van der Waals surface area contributed by atoms with Crippen LogP contribution in [0.1, 0.15) is 96.8 Å². The highest BCUT2D eigenvalue weighted by atomic mass is 16.3. The molecule has 1 nitrogen and oxygen atoms in total. The molecule has 1 N–H and O–H groups in total. The van der Waals surface area contributed by atoms with E-state index >= 15 is 0 Å². The molecule has 22 heavy (non-hydrogen) atoms. The molecule has 0 saturated heterocycles. The Morgan fingerprint density at radius 2 is 1.18 bits per heavy atom. The molecular formula is C21H38O. The third-order valence-corrected chi connectivity index (χ3v) is 7.34. The van der Waals surface area contributed by atoms with Crippen LogP contribution in [0.5, 0.6) is 0 Å². The number of aliphatic hydroxyl groups is 1. The first-order valence-electron chi connectivity index (χ1n) is 10.4. The zero-order valence-corrected chi connectivity index (χ0v) is 14.8. The van der Waals surface area contributed by atoms with Crippen molar-refractivity contribution in [2.75, 3.05) is 0 Å². The van der Waals surface area contributed by atoms with Gasteiger partial charge in [-0.05, 0) is 61.7 Å². The van der Waals surface area contributed by atoms with Gasteiger partial charge in [0.25, 0.3) is 0 Å². The first-order chi connectivity index (χ1) is 10.7. The lowest BCUT2D eigenvalue weighted by Gasteiger charge is -2.41. The quantitative estimate of drug-likeness (QED) is 0.665. The van der Waals surface area contributed by atoms with E-state index in [1.165, 1.54) is 77.0 Å². The summed E-state index contributed by atoms with van der Waals surface area (Å²) in [5.41, 5.74) is 0. The minimum atomic E-state index is 0.0242. The van der Waals surface area contributed by atoms with E-state index < -0.39 is 0 Å². The Kier molecular flexibility index (Phi) is 6.24. The van der Waals surface area contributed by atoms with Crippen molar-refractivity contribution < 1.29 is 5.11 Å². The lowest BCUT2D eigenvalue weighted by Crippen LogP contribution is -2.33. The second kappa shape index (κ2) is 8.18. The molecule has 0 aromatic carbocycles. The van der Waals surface area contributed by atoms with Crippen molar-refractivity contribution in [2.45, 2.75) is 103 Å². The van der Waals surface area contributed by atoms with Gasteiger partial charge in [-0.25, -0.2) is 0 Å². The molecule has 4 unspecified atom stereocenters. The Morgan fingerprint density at radius 1 is 0.636 bits per heavy atom. The van der Waals surface area contributed by atoms with Crippen molar-refractivity contribution in [1.29, 1.82) is 0 Å². The van der Waals surface area contributed by atoms with Crippen molar-refractivity contribution in [2.24, 2.45) is 29.6 Å². The van der Waals surface area contributed by atoms with Crippen LogP contribution in [0.15, 0.2) is 0 Å². The molecule has 0 aliphatic heterocycles. The summed E-state index contributed by atoms with van der Waals surface area (Å²) in [6.45, 7) is 2.34. The van der Waals surface area contributed by atoms with E-state index in [1.807, 2.05) is 0 Å². The summed E-state index contributed by atoms with van der Waals surface area (Å²) in [4.78, 5) is 0. The number of hydrogen-bond acceptors (Lipinski definition) is 1. The topological polar surface area (TPSA) is 20.2 Å². The minimum Gasteiger partial charge on any atom is -0.393 e. The maximum atomic E-state index is 9.85. The zero-order valence-electron chi connectivity index (χ0n) is 14.8. The second-order valence-electron chi connectivity index (χ2n) is 8.92. The van der Waals surface area contributed by atoms with Crippen molar-refractivity contribution in [3.8, 4) is 0 Å². The largest absolute Gasteiger partial charge is 0.393 e. The minimum absolute atomic E-state index is 0.0242. The molecular weight excluding hydrogens is 268 g/mol. The Bertz CT molecular complexity index is 318. The normalized spacial score (nSPS) is 42.8. The van der Waals surface area contributed by atoms with Gasteiger partial charge in [0.2, 0.25) is 0 Å². The van der Waals surface area contributed by atoms with Crippen LogP contribution in [0.3, 0.4) is 0 Å². The monoisotopic (exact) mass is 306 g/mol. The highest BCUT2D eigenvalue weighted by Gasteiger charge is 2.35. The summed E-state index contributed by atoms with van der Waals surface area (Å²) in [7, 11) is 0. The van der Waals surface area contributed by atoms with E-state index in [0.29, 0.717) is 0 Å². The lowest BCUT2D eigenvalue weighted by molar-refractivity contribution is 0.0327. The van der Waals surface area contributed by atoms with Crippen LogP contribution in [0, 0.1) is 29.6 Å². The molecule has 0 spiro atoms. The van der Waals surface area contributed by atoms with Crippen LogP contribution >= 0.6 is 0 Å². The summed E-state index contributed by atoms with van der Waals surface area (Å²) in [5.74, 6) is 4.96. The smallest absolute Gasteiger partial charge is 0.0543 e. The Balaban J connectivity index is 1.35. The molecule has 0 bridgehead atoms. The molecule has 4 atom stereocenters. The summed E-state index contributed by atoms with van der Waals surface area (Å²) in [6, 6.07) is 0. The maximum absolute atomic E-state index is 9.85.